The van der Waals surface area contributed by atoms with Gasteiger partial charge in [0.15, 0.2) is 0 Å². The molecule has 1 aromatic rings. The number of likely N-dealkylation sites (tertiary alicyclic amines) is 1. The fourth-order valence-electron chi connectivity index (χ4n) is 4.74. The fourth-order valence-corrected chi connectivity index (χ4v) is 8.20. The van der Waals surface area contributed by atoms with Crippen molar-refractivity contribution in [3.8, 4) is 0 Å². The SMILES string of the molecule is O=C(O)[C@H]1[C@H](c2cccnc2)N(C2CCCCC2)C(=O)CC12SCCS2. The van der Waals surface area contributed by atoms with Crippen molar-refractivity contribution in [3.63, 3.8) is 0 Å². The van der Waals surface area contributed by atoms with Crippen LogP contribution in [0.25, 0.3) is 0 Å². The number of amides is 1. The summed E-state index contributed by atoms with van der Waals surface area (Å²) >= 11 is 3.33. The molecule has 3 fully saturated rings. The zero-order valence-electron chi connectivity index (χ0n) is 14.7. The Bertz CT molecular complexity index is 673. The molecule has 2 aliphatic heterocycles. The minimum Gasteiger partial charge on any atom is -0.481 e. The molecule has 0 bridgehead atoms. The standard InChI is InChI=1S/C19H24N2O3S2/c22-15-11-19(25-9-10-26-19)16(18(23)24)17(13-5-4-8-20-12-13)21(15)14-6-2-1-3-7-14/h4-5,8,12,14,16-17H,1-3,6-7,9-11H2,(H,23,24)/t16-,17+/m1/s1. The van der Waals surface area contributed by atoms with E-state index < -0.39 is 22.0 Å². The van der Waals surface area contributed by atoms with Gasteiger partial charge in [0.1, 0.15) is 5.92 Å². The first-order valence-electron chi connectivity index (χ1n) is 9.34. The molecule has 1 saturated carbocycles. The number of aliphatic carboxylic acids is 1. The van der Waals surface area contributed by atoms with Gasteiger partial charge in [0.05, 0.1) is 16.5 Å². The molecule has 2 saturated heterocycles. The molecule has 1 aromatic heterocycles. The minimum absolute atomic E-state index is 0.116. The van der Waals surface area contributed by atoms with E-state index in [2.05, 4.69) is 4.98 Å². The summed E-state index contributed by atoms with van der Waals surface area (Å²) in [6.45, 7) is 0. The number of carboxylic acids is 1. The Balaban J connectivity index is 1.80. The zero-order chi connectivity index (χ0) is 18.1. The number of pyridine rings is 1. The van der Waals surface area contributed by atoms with Crippen molar-refractivity contribution in [2.75, 3.05) is 11.5 Å². The third kappa shape index (κ3) is 3.13. The second-order valence-corrected chi connectivity index (χ2v) is 10.4. The molecule has 0 radical (unpaired) electrons. The van der Waals surface area contributed by atoms with Crippen molar-refractivity contribution in [2.45, 2.75) is 54.7 Å². The van der Waals surface area contributed by atoms with E-state index in [1.807, 2.05) is 17.0 Å². The molecule has 5 nitrogen and oxygen atoms in total. The number of carbonyl (C=O) groups excluding carboxylic acids is 1. The van der Waals surface area contributed by atoms with Crippen LogP contribution in [0, 0.1) is 5.92 Å². The highest BCUT2D eigenvalue weighted by Gasteiger charge is 2.59. The molecule has 1 N–H and O–H groups in total. The van der Waals surface area contributed by atoms with Crippen LogP contribution in [0.5, 0.6) is 0 Å². The van der Waals surface area contributed by atoms with Crippen LogP contribution in [0.2, 0.25) is 0 Å². The summed E-state index contributed by atoms with van der Waals surface area (Å²) in [5.41, 5.74) is 0.853. The van der Waals surface area contributed by atoms with Crippen LogP contribution in [-0.2, 0) is 9.59 Å². The van der Waals surface area contributed by atoms with Gasteiger partial charge in [-0.3, -0.25) is 14.6 Å². The Morgan fingerprint density at radius 2 is 1.96 bits per heavy atom. The molecule has 7 heteroatoms. The lowest BCUT2D eigenvalue weighted by Gasteiger charge is -2.51. The molecule has 3 aliphatic rings. The van der Waals surface area contributed by atoms with Gasteiger partial charge in [-0.1, -0.05) is 25.3 Å². The molecular weight excluding hydrogens is 368 g/mol. The number of hydrogen-bond donors (Lipinski definition) is 1. The Morgan fingerprint density at radius 1 is 1.23 bits per heavy atom. The second kappa shape index (κ2) is 7.43. The smallest absolute Gasteiger partial charge is 0.311 e. The normalized spacial score (nSPS) is 29.2. The number of piperidine rings is 1. The lowest BCUT2D eigenvalue weighted by molar-refractivity contribution is -0.155. The van der Waals surface area contributed by atoms with E-state index in [1.165, 1.54) is 6.42 Å². The highest BCUT2D eigenvalue weighted by Crippen LogP contribution is 2.59. The van der Waals surface area contributed by atoms with Crippen LogP contribution in [0.3, 0.4) is 0 Å². The molecule has 1 spiro atoms. The third-order valence-corrected chi connectivity index (χ3v) is 9.37. The number of carbonyl (C=O) groups is 2. The Hall–Kier alpha value is -1.21. The predicted octanol–water partition coefficient (Wildman–Crippen LogP) is 3.56. The topological polar surface area (TPSA) is 70.5 Å². The van der Waals surface area contributed by atoms with E-state index in [-0.39, 0.29) is 11.9 Å². The molecule has 1 aliphatic carbocycles. The van der Waals surface area contributed by atoms with Gasteiger partial charge in [-0.15, -0.1) is 23.5 Å². The number of thioether (sulfide) groups is 2. The molecule has 3 heterocycles. The largest absolute Gasteiger partial charge is 0.481 e. The number of carboxylic acid groups (broad SMARTS) is 1. The molecule has 140 valence electrons. The van der Waals surface area contributed by atoms with E-state index in [4.69, 9.17) is 0 Å². The monoisotopic (exact) mass is 392 g/mol. The Labute approximate surface area is 162 Å². The van der Waals surface area contributed by atoms with Crippen molar-refractivity contribution in [1.82, 2.24) is 9.88 Å². The van der Waals surface area contributed by atoms with Crippen LogP contribution >= 0.6 is 23.5 Å². The van der Waals surface area contributed by atoms with Crippen LogP contribution in [-0.4, -0.2) is 48.5 Å². The number of rotatable bonds is 3. The highest BCUT2D eigenvalue weighted by molar-refractivity contribution is 8.21. The summed E-state index contributed by atoms with van der Waals surface area (Å²) in [6.07, 6.45) is 9.14. The lowest BCUT2D eigenvalue weighted by Crippen LogP contribution is -2.58. The maximum absolute atomic E-state index is 13.3. The molecule has 0 aromatic carbocycles. The first-order valence-corrected chi connectivity index (χ1v) is 11.3. The van der Waals surface area contributed by atoms with Crippen molar-refractivity contribution >= 4 is 35.4 Å². The molecular formula is C19H24N2O3S2. The summed E-state index contributed by atoms with van der Waals surface area (Å²) in [5, 5.41) is 10.2. The summed E-state index contributed by atoms with van der Waals surface area (Å²) in [4.78, 5) is 31.9. The number of aromatic nitrogens is 1. The first-order chi connectivity index (χ1) is 12.6. The van der Waals surface area contributed by atoms with Gasteiger partial charge in [0, 0.05) is 29.9 Å². The summed E-state index contributed by atoms with van der Waals surface area (Å²) in [5.74, 6) is 0.526. The van der Waals surface area contributed by atoms with Crippen LogP contribution in [0.1, 0.15) is 50.1 Å². The van der Waals surface area contributed by atoms with Gasteiger partial charge >= 0.3 is 5.97 Å². The van der Waals surface area contributed by atoms with Crippen LogP contribution in [0.15, 0.2) is 24.5 Å². The van der Waals surface area contributed by atoms with E-state index in [0.717, 1.165) is 42.8 Å². The van der Waals surface area contributed by atoms with Gasteiger partial charge in [0.2, 0.25) is 5.91 Å². The summed E-state index contributed by atoms with van der Waals surface area (Å²) in [6, 6.07) is 3.49. The van der Waals surface area contributed by atoms with Gasteiger partial charge < -0.3 is 10.0 Å². The zero-order valence-corrected chi connectivity index (χ0v) is 16.3. The minimum atomic E-state index is -0.797. The van der Waals surface area contributed by atoms with Gasteiger partial charge in [-0.05, 0) is 24.5 Å². The van der Waals surface area contributed by atoms with E-state index in [0.29, 0.717) is 6.42 Å². The first kappa shape index (κ1) is 18.2. The Morgan fingerprint density at radius 3 is 2.58 bits per heavy atom. The Kier molecular flexibility index (Phi) is 5.19. The highest BCUT2D eigenvalue weighted by atomic mass is 32.2. The molecule has 26 heavy (non-hydrogen) atoms. The lowest BCUT2D eigenvalue weighted by atomic mass is 9.81. The quantitative estimate of drug-likeness (QED) is 0.848. The van der Waals surface area contributed by atoms with Crippen LogP contribution < -0.4 is 0 Å². The third-order valence-electron chi connectivity index (χ3n) is 5.81. The van der Waals surface area contributed by atoms with Crippen LogP contribution in [0.4, 0.5) is 0 Å². The van der Waals surface area contributed by atoms with Crippen molar-refractivity contribution in [3.05, 3.63) is 30.1 Å². The number of nitrogens with zero attached hydrogens (tertiary/aromatic N) is 2. The summed E-state index contributed by atoms with van der Waals surface area (Å²) < 4.78 is -0.547. The molecule has 1 amide bonds. The van der Waals surface area contributed by atoms with Gasteiger partial charge in [-0.25, -0.2) is 0 Å². The maximum atomic E-state index is 13.3. The maximum Gasteiger partial charge on any atom is 0.311 e. The van der Waals surface area contributed by atoms with E-state index in [1.54, 1.807) is 35.9 Å². The predicted molar refractivity (Wildman–Crippen MR) is 104 cm³/mol. The van der Waals surface area contributed by atoms with Crippen molar-refractivity contribution in [2.24, 2.45) is 5.92 Å². The molecule has 2 atom stereocenters. The number of hydrogen-bond acceptors (Lipinski definition) is 5. The average Bonchev–Trinajstić information content (AvgIpc) is 3.10. The van der Waals surface area contributed by atoms with E-state index >= 15 is 0 Å². The van der Waals surface area contributed by atoms with Gasteiger partial charge in [-0.2, -0.15) is 0 Å². The second-order valence-electron chi connectivity index (χ2n) is 7.33. The van der Waals surface area contributed by atoms with Gasteiger partial charge in [0.25, 0.3) is 0 Å². The van der Waals surface area contributed by atoms with Crippen molar-refractivity contribution in [1.29, 1.82) is 0 Å². The summed E-state index contributed by atoms with van der Waals surface area (Å²) in [7, 11) is 0. The molecule has 0 unspecified atom stereocenters. The fraction of sp³-hybridized carbons (Fsp3) is 0.632. The molecule has 4 rings (SSSR count). The van der Waals surface area contributed by atoms with E-state index in [9.17, 15) is 14.7 Å². The van der Waals surface area contributed by atoms with Crippen molar-refractivity contribution < 1.29 is 14.7 Å². The average molecular weight is 393 g/mol.